The highest BCUT2D eigenvalue weighted by Crippen LogP contribution is 2.30. The minimum atomic E-state index is -3.68. The lowest BCUT2D eigenvalue weighted by molar-refractivity contribution is 0.308. The Labute approximate surface area is 152 Å². The van der Waals surface area contributed by atoms with Gasteiger partial charge in [-0.05, 0) is 59.6 Å². The number of hydrogen-bond donors (Lipinski definition) is 0. The lowest BCUT2D eigenvalue weighted by Gasteiger charge is -2.35. The van der Waals surface area contributed by atoms with E-state index in [9.17, 15) is 8.42 Å². The Morgan fingerprint density at radius 2 is 1.72 bits per heavy atom. The average molecular weight is 358 g/mol. The molecule has 3 nitrogen and oxygen atoms in total. The zero-order chi connectivity index (χ0) is 18.8. The quantitative estimate of drug-likeness (QED) is 0.576. The number of hydrogen-bond acceptors (Lipinski definition) is 2. The van der Waals surface area contributed by atoms with E-state index in [2.05, 4.69) is 25.8 Å². The van der Waals surface area contributed by atoms with Crippen LogP contribution in [0.25, 0.3) is 0 Å². The Bertz CT molecular complexity index is 850. The van der Waals surface area contributed by atoms with Crippen molar-refractivity contribution in [3.63, 3.8) is 0 Å². The third-order valence-corrected chi connectivity index (χ3v) is 6.88. The molecule has 25 heavy (non-hydrogen) atoms. The Balaban J connectivity index is 2.41. The molecule has 0 atom stereocenters. The van der Waals surface area contributed by atoms with Gasteiger partial charge in [0.1, 0.15) is 0 Å². The topological polar surface area (TPSA) is 37.4 Å². The van der Waals surface area contributed by atoms with E-state index in [0.29, 0.717) is 6.54 Å². The van der Waals surface area contributed by atoms with E-state index in [1.54, 1.807) is 26.0 Å². The zero-order valence-electron chi connectivity index (χ0n) is 15.8. The first-order chi connectivity index (χ1) is 11.6. The van der Waals surface area contributed by atoms with Gasteiger partial charge in [0.2, 0.25) is 10.0 Å². The third-order valence-electron chi connectivity index (χ3n) is 4.85. The molecular formula is C21H27NO2S. The predicted molar refractivity (Wildman–Crippen MR) is 104 cm³/mol. The molecule has 134 valence electrons. The molecule has 0 aromatic heterocycles. The fourth-order valence-corrected chi connectivity index (χ4v) is 4.56. The summed E-state index contributed by atoms with van der Waals surface area (Å²) < 4.78 is 28.0. The van der Waals surface area contributed by atoms with Crippen LogP contribution in [0.2, 0.25) is 0 Å². The van der Waals surface area contributed by atoms with Crippen molar-refractivity contribution in [3.05, 3.63) is 52.6 Å². The Morgan fingerprint density at radius 3 is 2.24 bits per heavy atom. The van der Waals surface area contributed by atoms with Crippen molar-refractivity contribution >= 4 is 10.0 Å². The van der Waals surface area contributed by atoms with E-state index in [1.165, 1.54) is 15.5 Å². The summed E-state index contributed by atoms with van der Waals surface area (Å²) in [4.78, 5) is 0.279. The number of allylic oxidation sites excluding steroid dienone is 3. The number of benzene rings is 1. The predicted octanol–water partition coefficient (Wildman–Crippen LogP) is 4.45. The molecule has 1 aromatic carbocycles. The second kappa shape index (κ2) is 7.19. The Morgan fingerprint density at radius 1 is 1.12 bits per heavy atom. The van der Waals surface area contributed by atoms with Gasteiger partial charge in [0.25, 0.3) is 0 Å². The molecule has 0 bridgehead atoms. The maximum absolute atomic E-state index is 13.3. The molecule has 1 aliphatic carbocycles. The van der Waals surface area contributed by atoms with Gasteiger partial charge < -0.3 is 0 Å². The van der Waals surface area contributed by atoms with Crippen LogP contribution in [0.1, 0.15) is 46.1 Å². The Kier molecular flexibility index (Phi) is 5.61. The summed E-state index contributed by atoms with van der Waals surface area (Å²) >= 11 is 0. The van der Waals surface area contributed by atoms with Crippen molar-refractivity contribution in [2.24, 2.45) is 0 Å². The molecule has 0 fully saturated rings. The summed E-state index contributed by atoms with van der Waals surface area (Å²) in [5.41, 5.74) is 3.88. The van der Waals surface area contributed by atoms with Gasteiger partial charge in [-0.15, -0.1) is 6.42 Å². The second-order valence-corrected chi connectivity index (χ2v) is 9.19. The monoisotopic (exact) mass is 357 g/mol. The van der Waals surface area contributed by atoms with Crippen LogP contribution < -0.4 is 0 Å². The first-order valence-electron chi connectivity index (χ1n) is 8.48. The van der Waals surface area contributed by atoms with Crippen LogP contribution in [0, 0.1) is 19.3 Å². The molecule has 2 rings (SSSR count). The minimum absolute atomic E-state index is 0.279. The van der Waals surface area contributed by atoms with Crippen molar-refractivity contribution in [1.29, 1.82) is 0 Å². The summed E-state index contributed by atoms with van der Waals surface area (Å²) in [5.74, 6) is 2.65. The van der Waals surface area contributed by atoms with Crippen LogP contribution in [0.5, 0.6) is 0 Å². The van der Waals surface area contributed by atoms with E-state index in [4.69, 9.17) is 6.42 Å². The molecule has 4 heteroatoms. The summed E-state index contributed by atoms with van der Waals surface area (Å²) in [6.45, 7) is 10.0. The number of nitrogens with zero attached hydrogens (tertiary/aromatic N) is 1. The molecule has 1 aliphatic rings. The largest absolute Gasteiger partial charge is 0.244 e. The van der Waals surface area contributed by atoms with Gasteiger partial charge in [-0.25, -0.2) is 8.42 Å². The van der Waals surface area contributed by atoms with Crippen LogP contribution in [-0.4, -0.2) is 24.8 Å². The number of terminal acetylenes is 1. The van der Waals surface area contributed by atoms with Gasteiger partial charge in [-0.3, -0.25) is 0 Å². The molecule has 0 radical (unpaired) electrons. The Hall–Kier alpha value is -1.83. The van der Waals surface area contributed by atoms with Crippen LogP contribution in [0.15, 0.2) is 52.0 Å². The summed E-state index contributed by atoms with van der Waals surface area (Å²) in [6.07, 6.45) is 9.48. The number of aryl methyl sites for hydroxylation is 1. The standard InChI is InChI=1S/C21H27NO2S/c1-7-21(5,6)22(15-19-11-10-17(3)18(4)14-19)25(23,24)20-12-8-16(2)9-13-20/h1,8-9,11-13H,10,14-15H2,2-6H3. The van der Waals surface area contributed by atoms with Crippen LogP contribution in [0.3, 0.4) is 0 Å². The van der Waals surface area contributed by atoms with Gasteiger partial charge in [-0.2, -0.15) is 4.31 Å². The fraction of sp³-hybridized carbons (Fsp3) is 0.429. The van der Waals surface area contributed by atoms with Crippen LogP contribution >= 0.6 is 0 Å². The highest BCUT2D eigenvalue weighted by atomic mass is 32.2. The molecule has 1 aromatic rings. The summed E-state index contributed by atoms with van der Waals surface area (Å²) in [6, 6.07) is 6.91. The zero-order valence-corrected chi connectivity index (χ0v) is 16.6. The first-order valence-corrected chi connectivity index (χ1v) is 9.92. The molecule has 0 heterocycles. The highest BCUT2D eigenvalue weighted by Gasteiger charge is 2.36. The van der Waals surface area contributed by atoms with Crippen LogP contribution in [0.4, 0.5) is 0 Å². The molecular weight excluding hydrogens is 330 g/mol. The van der Waals surface area contributed by atoms with Gasteiger partial charge in [0, 0.05) is 6.54 Å². The van der Waals surface area contributed by atoms with Gasteiger partial charge >= 0.3 is 0 Å². The van der Waals surface area contributed by atoms with E-state index in [-0.39, 0.29) is 4.90 Å². The fourth-order valence-electron chi connectivity index (χ4n) is 2.83. The maximum atomic E-state index is 13.3. The van der Waals surface area contributed by atoms with Gasteiger partial charge in [-0.1, -0.05) is 46.4 Å². The second-order valence-electron chi connectivity index (χ2n) is 7.33. The minimum Gasteiger partial charge on any atom is -0.207 e. The summed E-state index contributed by atoms with van der Waals surface area (Å²) in [7, 11) is -3.68. The lowest BCUT2D eigenvalue weighted by Crippen LogP contribution is -2.47. The van der Waals surface area contributed by atoms with Crippen molar-refractivity contribution in [2.45, 2.75) is 57.9 Å². The normalized spacial score (nSPS) is 16.0. The molecule has 0 saturated carbocycles. The van der Waals surface area contributed by atoms with Gasteiger partial charge in [0.15, 0.2) is 0 Å². The van der Waals surface area contributed by atoms with E-state index in [0.717, 1.165) is 24.0 Å². The van der Waals surface area contributed by atoms with Crippen molar-refractivity contribution in [2.75, 3.05) is 6.54 Å². The highest BCUT2D eigenvalue weighted by molar-refractivity contribution is 7.89. The van der Waals surface area contributed by atoms with E-state index < -0.39 is 15.6 Å². The first kappa shape index (κ1) is 19.5. The third kappa shape index (κ3) is 4.23. The molecule has 0 spiro atoms. The maximum Gasteiger partial charge on any atom is 0.244 e. The number of sulfonamides is 1. The van der Waals surface area contributed by atoms with Crippen molar-refractivity contribution in [1.82, 2.24) is 4.31 Å². The summed E-state index contributed by atoms with van der Waals surface area (Å²) in [5, 5.41) is 0. The van der Waals surface area contributed by atoms with E-state index in [1.807, 2.05) is 19.1 Å². The number of rotatable bonds is 5. The SMILES string of the molecule is C#CC(C)(C)N(CC1=CCC(C)=C(C)C1)S(=O)(=O)c1ccc(C)cc1. The van der Waals surface area contributed by atoms with Gasteiger partial charge in [0.05, 0.1) is 10.4 Å². The van der Waals surface area contributed by atoms with Crippen LogP contribution in [-0.2, 0) is 10.0 Å². The van der Waals surface area contributed by atoms with E-state index >= 15 is 0 Å². The van der Waals surface area contributed by atoms with Crippen molar-refractivity contribution in [3.8, 4) is 12.3 Å². The molecule has 0 saturated heterocycles. The smallest absolute Gasteiger partial charge is 0.207 e. The molecule has 0 aliphatic heterocycles. The molecule has 0 N–H and O–H groups in total. The molecule has 0 amide bonds. The molecule has 0 unspecified atom stereocenters. The average Bonchev–Trinajstić information content (AvgIpc) is 2.56. The lowest BCUT2D eigenvalue weighted by atomic mass is 9.93. The van der Waals surface area contributed by atoms with Crippen molar-refractivity contribution < 1.29 is 8.42 Å².